The Hall–Kier alpha value is -1.80. The van der Waals surface area contributed by atoms with Crippen molar-refractivity contribution in [3.05, 3.63) is 28.8 Å². The van der Waals surface area contributed by atoms with Crippen LogP contribution in [-0.4, -0.2) is 28.7 Å². The molecule has 0 bridgehead atoms. The molecule has 0 aliphatic carbocycles. The molecule has 1 atom stereocenters. The number of aromatic nitrogens is 2. The van der Waals surface area contributed by atoms with E-state index < -0.39 is 0 Å². The van der Waals surface area contributed by atoms with Gasteiger partial charge >= 0.3 is 0 Å². The highest BCUT2D eigenvalue weighted by Crippen LogP contribution is 2.34. The Kier molecular flexibility index (Phi) is 4.49. The van der Waals surface area contributed by atoms with Crippen molar-refractivity contribution in [2.45, 2.75) is 24.2 Å². The molecular formula is C14H15N3O3S2. The lowest BCUT2D eigenvalue weighted by atomic mass is 10.1. The van der Waals surface area contributed by atoms with Crippen molar-refractivity contribution in [1.29, 1.82) is 0 Å². The van der Waals surface area contributed by atoms with Crippen molar-refractivity contribution in [2.75, 3.05) is 12.5 Å². The molecule has 3 rings (SSSR count). The first-order valence-corrected chi connectivity index (χ1v) is 8.54. The lowest BCUT2D eigenvalue weighted by Crippen LogP contribution is -2.28. The summed E-state index contributed by atoms with van der Waals surface area (Å²) in [5.41, 5.74) is 0.981. The Morgan fingerprint density at radius 2 is 2.23 bits per heavy atom. The minimum absolute atomic E-state index is 0.0389. The molecule has 1 aromatic carbocycles. The fourth-order valence-corrected chi connectivity index (χ4v) is 3.64. The largest absolute Gasteiger partial charge is 0.454 e. The van der Waals surface area contributed by atoms with Crippen molar-refractivity contribution in [3.8, 4) is 11.5 Å². The Morgan fingerprint density at radius 1 is 1.41 bits per heavy atom. The van der Waals surface area contributed by atoms with Crippen molar-refractivity contribution in [1.82, 2.24) is 15.5 Å². The number of aryl methyl sites for hydroxylation is 1. The van der Waals surface area contributed by atoms with Gasteiger partial charge in [0.15, 0.2) is 15.8 Å². The standard InChI is InChI=1S/C14H15N3O3S2/c1-8(10-3-4-11-12(5-10)20-7-19-11)15-13(18)6-21-14-17-16-9(2)22-14/h3-5,8H,6-7H2,1-2H3,(H,15,18)/t8-/m0/s1. The molecule has 1 aliphatic heterocycles. The number of rotatable bonds is 5. The number of fused-ring (bicyclic) bond motifs is 1. The Labute approximate surface area is 136 Å². The molecular weight excluding hydrogens is 322 g/mol. The maximum absolute atomic E-state index is 12.0. The normalized spacial score (nSPS) is 13.9. The van der Waals surface area contributed by atoms with Gasteiger partial charge < -0.3 is 14.8 Å². The average Bonchev–Trinajstić information content (AvgIpc) is 3.12. The van der Waals surface area contributed by atoms with Crippen molar-refractivity contribution < 1.29 is 14.3 Å². The lowest BCUT2D eigenvalue weighted by Gasteiger charge is -2.14. The summed E-state index contributed by atoms with van der Waals surface area (Å²) in [6.45, 7) is 4.08. The van der Waals surface area contributed by atoms with Crippen LogP contribution in [0, 0.1) is 6.92 Å². The van der Waals surface area contributed by atoms with Crippen LogP contribution >= 0.6 is 23.1 Å². The van der Waals surface area contributed by atoms with Gasteiger partial charge in [0.05, 0.1) is 11.8 Å². The molecule has 6 nitrogen and oxygen atoms in total. The van der Waals surface area contributed by atoms with Crippen LogP contribution in [0.5, 0.6) is 11.5 Å². The van der Waals surface area contributed by atoms with Gasteiger partial charge in [0.1, 0.15) is 5.01 Å². The van der Waals surface area contributed by atoms with E-state index in [-0.39, 0.29) is 18.7 Å². The summed E-state index contributed by atoms with van der Waals surface area (Å²) in [6.07, 6.45) is 0. The molecule has 0 fully saturated rings. The van der Waals surface area contributed by atoms with Crippen LogP contribution in [0.25, 0.3) is 0 Å². The summed E-state index contributed by atoms with van der Waals surface area (Å²) in [5, 5.41) is 11.8. The van der Waals surface area contributed by atoms with Gasteiger partial charge in [-0.2, -0.15) is 0 Å². The number of nitrogens with zero attached hydrogens (tertiary/aromatic N) is 2. The van der Waals surface area contributed by atoms with E-state index in [1.165, 1.54) is 23.1 Å². The van der Waals surface area contributed by atoms with Crippen molar-refractivity contribution in [2.24, 2.45) is 0 Å². The third kappa shape index (κ3) is 3.50. The Morgan fingerprint density at radius 3 is 3.00 bits per heavy atom. The quantitative estimate of drug-likeness (QED) is 0.845. The second-order valence-corrected chi connectivity index (χ2v) is 7.18. The average molecular weight is 337 g/mol. The van der Waals surface area contributed by atoms with Gasteiger partial charge in [-0.15, -0.1) is 10.2 Å². The zero-order valence-electron chi connectivity index (χ0n) is 12.2. The summed E-state index contributed by atoms with van der Waals surface area (Å²) >= 11 is 2.88. The molecule has 8 heteroatoms. The highest BCUT2D eigenvalue weighted by atomic mass is 32.2. The van der Waals surface area contributed by atoms with E-state index in [0.29, 0.717) is 5.75 Å². The first-order valence-electron chi connectivity index (χ1n) is 6.73. The van der Waals surface area contributed by atoms with Crippen LogP contribution in [0.3, 0.4) is 0 Å². The van der Waals surface area contributed by atoms with E-state index in [4.69, 9.17) is 9.47 Å². The lowest BCUT2D eigenvalue weighted by molar-refractivity contribution is -0.119. The van der Waals surface area contributed by atoms with Gasteiger partial charge in [0.25, 0.3) is 0 Å². The summed E-state index contributed by atoms with van der Waals surface area (Å²) in [7, 11) is 0. The highest BCUT2D eigenvalue weighted by molar-refractivity contribution is 8.01. The zero-order chi connectivity index (χ0) is 15.5. The first kappa shape index (κ1) is 15.1. The van der Waals surface area contributed by atoms with Crippen LogP contribution in [0.15, 0.2) is 22.5 Å². The molecule has 116 valence electrons. The summed E-state index contributed by atoms with van der Waals surface area (Å²) < 4.78 is 11.4. The van der Waals surface area contributed by atoms with Gasteiger partial charge in [-0.05, 0) is 31.5 Å². The number of benzene rings is 1. The van der Waals surface area contributed by atoms with Crippen LogP contribution in [0.1, 0.15) is 23.5 Å². The number of amides is 1. The maximum atomic E-state index is 12.0. The SMILES string of the molecule is Cc1nnc(SCC(=O)N[C@@H](C)c2ccc3c(c2)OCO3)s1. The van der Waals surface area contributed by atoms with Crippen LogP contribution in [0.2, 0.25) is 0 Å². The number of hydrogen-bond donors (Lipinski definition) is 1. The topological polar surface area (TPSA) is 73.3 Å². The molecule has 0 saturated carbocycles. The maximum Gasteiger partial charge on any atom is 0.231 e. The number of thioether (sulfide) groups is 1. The van der Waals surface area contributed by atoms with Gasteiger partial charge in [-0.1, -0.05) is 29.2 Å². The third-order valence-corrected chi connectivity index (χ3v) is 5.08. The van der Waals surface area contributed by atoms with Crippen LogP contribution in [0.4, 0.5) is 0 Å². The first-order chi connectivity index (χ1) is 10.6. The van der Waals surface area contributed by atoms with E-state index in [9.17, 15) is 4.79 Å². The molecule has 1 aliphatic rings. The van der Waals surface area contributed by atoms with Crippen LogP contribution < -0.4 is 14.8 Å². The van der Waals surface area contributed by atoms with E-state index in [1.807, 2.05) is 32.0 Å². The van der Waals surface area contributed by atoms with Crippen LogP contribution in [-0.2, 0) is 4.79 Å². The van der Waals surface area contributed by atoms with Gasteiger partial charge in [-0.3, -0.25) is 4.79 Å². The van der Waals surface area contributed by atoms with Gasteiger partial charge in [0, 0.05) is 0 Å². The minimum Gasteiger partial charge on any atom is -0.454 e. The number of carbonyl (C=O) groups excluding carboxylic acids is 1. The molecule has 0 saturated heterocycles. The summed E-state index contributed by atoms with van der Waals surface area (Å²) in [6, 6.07) is 5.59. The molecule has 0 unspecified atom stereocenters. The van der Waals surface area contributed by atoms with Gasteiger partial charge in [0.2, 0.25) is 12.7 Å². The molecule has 1 aromatic heterocycles. The second kappa shape index (κ2) is 6.53. The van der Waals surface area contributed by atoms with E-state index >= 15 is 0 Å². The molecule has 22 heavy (non-hydrogen) atoms. The molecule has 1 N–H and O–H groups in total. The van der Waals surface area contributed by atoms with E-state index in [0.717, 1.165) is 26.4 Å². The predicted molar refractivity (Wildman–Crippen MR) is 84.5 cm³/mol. The number of nitrogens with one attached hydrogen (secondary N) is 1. The minimum atomic E-state index is -0.0984. The smallest absolute Gasteiger partial charge is 0.231 e. The van der Waals surface area contributed by atoms with Gasteiger partial charge in [-0.25, -0.2) is 0 Å². The summed E-state index contributed by atoms with van der Waals surface area (Å²) in [5.74, 6) is 1.74. The summed E-state index contributed by atoms with van der Waals surface area (Å²) in [4.78, 5) is 12.0. The number of ether oxygens (including phenoxy) is 2. The molecule has 2 aromatic rings. The fraction of sp³-hybridized carbons (Fsp3) is 0.357. The monoisotopic (exact) mass is 337 g/mol. The molecule has 0 spiro atoms. The number of carbonyl (C=O) groups is 1. The van der Waals surface area contributed by atoms with E-state index in [2.05, 4.69) is 15.5 Å². The van der Waals surface area contributed by atoms with Crippen molar-refractivity contribution in [3.63, 3.8) is 0 Å². The molecule has 2 heterocycles. The molecule has 1 amide bonds. The van der Waals surface area contributed by atoms with Crippen molar-refractivity contribution >= 4 is 29.0 Å². The third-order valence-electron chi connectivity index (χ3n) is 3.11. The highest BCUT2D eigenvalue weighted by Gasteiger charge is 2.17. The number of hydrogen-bond acceptors (Lipinski definition) is 7. The Balaban J connectivity index is 1.54. The predicted octanol–water partition coefficient (Wildman–Crippen LogP) is 2.54. The second-order valence-electron chi connectivity index (χ2n) is 4.78. The Bertz CT molecular complexity index is 690. The van der Waals surface area contributed by atoms with E-state index in [1.54, 1.807) is 0 Å². The zero-order valence-corrected chi connectivity index (χ0v) is 13.8. The molecule has 0 radical (unpaired) electrons. The fourth-order valence-electron chi connectivity index (χ4n) is 2.01.